The summed E-state index contributed by atoms with van der Waals surface area (Å²) in [5, 5.41) is 6.73. The van der Waals surface area contributed by atoms with Gasteiger partial charge in [0, 0.05) is 6.54 Å². The van der Waals surface area contributed by atoms with Crippen molar-refractivity contribution in [1.29, 1.82) is 0 Å². The lowest BCUT2D eigenvalue weighted by atomic mass is 10.1. The summed E-state index contributed by atoms with van der Waals surface area (Å²) in [6.07, 6.45) is -4.00. The number of alkyl halides is 3. The molecule has 0 aliphatic heterocycles. The first-order valence-corrected chi connectivity index (χ1v) is 5.99. The van der Waals surface area contributed by atoms with E-state index >= 15 is 0 Å². The van der Waals surface area contributed by atoms with Crippen LogP contribution in [0.15, 0.2) is 0 Å². The Labute approximate surface area is 108 Å². The summed E-state index contributed by atoms with van der Waals surface area (Å²) in [5.74, 6) is -1.11. The molecule has 1 rings (SSSR count). The monoisotopic (exact) mass is 279 g/mol. The first-order chi connectivity index (χ1) is 8.81. The van der Waals surface area contributed by atoms with Gasteiger partial charge in [0.15, 0.2) is 5.69 Å². The molecular weight excluding hydrogens is 263 g/mol. The van der Waals surface area contributed by atoms with E-state index < -0.39 is 23.5 Å². The van der Waals surface area contributed by atoms with Crippen LogP contribution in [0.1, 0.15) is 43.4 Å². The SMILES string of the molecule is CCOC(=O)c1nnn(CC(C)CC)c1C(F)(F)F. The minimum absolute atomic E-state index is 0.00199. The normalized spacial score (nSPS) is 13.4. The van der Waals surface area contributed by atoms with Gasteiger partial charge in [0.1, 0.15) is 0 Å². The second kappa shape index (κ2) is 6.03. The van der Waals surface area contributed by atoms with Crippen LogP contribution in [0.2, 0.25) is 0 Å². The fraction of sp³-hybridized carbons (Fsp3) is 0.727. The highest BCUT2D eigenvalue weighted by molar-refractivity contribution is 5.88. The molecule has 0 saturated heterocycles. The van der Waals surface area contributed by atoms with E-state index in [2.05, 4.69) is 15.0 Å². The maximum atomic E-state index is 13.0. The van der Waals surface area contributed by atoms with Crippen LogP contribution in [0.4, 0.5) is 13.2 Å². The second-order valence-corrected chi connectivity index (χ2v) is 4.20. The third kappa shape index (κ3) is 3.68. The summed E-state index contributed by atoms with van der Waals surface area (Å²) < 4.78 is 44.2. The van der Waals surface area contributed by atoms with Gasteiger partial charge in [-0.1, -0.05) is 25.5 Å². The molecule has 1 aromatic rings. The van der Waals surface area contributed by atoms with E-state index in [1.165, 1.54) is 6.92 Å². The van der Waals surface area contributed by atoms with E-state index in [0.717, 1.165) is 4.68 Å². The summed E-state index contributed by atoms with van der Waals surface area (Å²) in [4.78, 5) is 11.4. The van der Waals surface area contributed by atoms with Crippen molar-refractivity contribution in [2.24, 2.45) is 5.92 Å². The Balaban J connectivity index is 3.16. The van der Waals surface area contributed by atoms with Gasteiger partial charge in [-0.2, -0.15) is 13.2 Å². The number of aromatic nitrogens is 3. The lowest BCUT2D eigenvalue weighted by Gasteiger charge is -2.13. The minimum atomic E-state index is -4.70. The Morgan fingerprint density at radius 2 is 2.05 bits per heavy atom. The Hall–Kier alpha value is -1.60. The molecule has 0 amide bonds. The average molecular weight is 279 g/mol. The predicted molar refractivity (Wildman–Crippen MR) is 60.4 cm³/mol. The van der Waals surface area contributed by atoms with E-state index in [4.69, 9.17) is 0 Å². The molecule has 1 atom stereocenters. The third-order valence-electron chi connectivity index (χ3n) is 2.65. The number of hydrogen-bond acceptors (Lipinski definition) is 4. The number of halogens is 3. The molecule has 5 nitrogen and oxygen atoms in total. The van der Waals surface area contributed by atoms with Gasteiger partial charge in [-0.05, 0) is 12.8 Å². The standard InChI is InChI=1S/C11H16F3N3O2/c1-4-7(3)6-17-9(11(12,13)14)8(15-16-17)10(18)19-5-2/h7H,4-6H2,1-3H3. The van der Waals surface area contributed by atoms with E-state index in [1.54, 1.807) is 6.92 Å². The Morgan fingerprint density at radius 3 is 2.53 bits per heavy atom. The first kappa shape index (κ1) is 15.5. The predicted octanol–water partition coefficient (Wildman–Crippen LogP) is 2.52. The van der Waals surface area contributed by atoms with Gasteiger partial charge >= 0.3 is 12.1 Å². The fourth-order valence-electron chi connectivity index (χ4n) is 1.48. The maximum Gasteiger partial charge on any atom is 0.435 e. The Kier molecular flexibility index (Phi) is 4.90. The van der Waals surface area contributed by atoms with Crippen molar-refractivity contribution in [1.82, 2.24) is 15.0 Å². The largest absolute Gasteiger partial charge is 0.461 e. The number of carbonyl (C=O) groups is 1. The van der Waals surface area contributed by atoms with Crippen molar-refractivity contribution < 1.29 is 22.7 Å². The van der Waals surface area contributed by atoms with E-state index in [1.807, 2.05) is 6.92 Å². The first-order valence-electron chi connectivity index (χ1n) is 5.99. The van der Waals surface area contributed by atoms with Crippen molar-refractivity contribution in [3.05, 3.63) is 11.4 Å². The molecule has 8 heteroatoms. The van der Waals surface area contributed by atoms with Crippen LogP contribution >= 0.6 is 0 Å². The summed E-state index contributed by atoms with van der Waals surface area (Å²) in [6, 6.07) is 0. The third-order valence-corrected chi connectivity index (χ3v) is 2.65. The van der Waals surface area contributed by atoms with Crippen molar-refractivity contribution >= 4 is 5.97 Å². The fourth-order valence-corrected chi connectivity index (χ4v) is 1.48. The zero-order chi connectivity index (χ0) is 14.6. The van der Waals surface area contributed by atoms with Crippen molar-refractivity contribution in [3.8, 4) is 0 Å². The van der Waals surface area contributed by atoms with Crippen LogP contribution in [0.5, 0.6) is 0 Å². The highest BCUT2D eigenvalue weighted by atomic mass is 19.4. The molecule has 1 unspecified atom stereocenters. The molecular formula is C11H16F3N3O2. The molecule has 108 valence electrons. The van der Waals surface area contributed by atoms with Gasteiger partial charge in [-0.3, -0.25) is 0 Å². The smallest absolute Gasteiger partial charge is 0.435 e. The van der Waals surface area contributed by atoms with E-state index in [9.17, 15) is 18.0 Å². The van der Waals surface area contributed by atoms with Gasteiger partial charge in [0.25, 0.3) is 0 Å². The van der Waals surface area contributed by atoms with Crippen molar-refractivity contribution in [2.45, 2.75) is 39.9 Å². The van der Waals surface area contributed by atoms with Gasteiger partial charge in [-0.15, -0.1) is 5.10 Å². The highest BCUT2D eigenvalue weighted by Gasteiger charge is 2.42. The highest BCUT2D eigenvalue weighted by Crippen LogP contribution is 2.31. The number of carbonyl (C=O) groups excluding carboxylic acids is 1. The zero-order valence-corrected chi connectivity index (χ0v) is 11.0. The summed E-state index contributed by atoms with van der Waals surface area (Å²) in [7, 11) is 0. The quantitative estimate of drug-likeness (QED) is 0.777. The molecule has 0 bridgehead atoms. The number of esters is 1. The summed E-state index contributed by atoms with van der Waals surface area (Å²) in [5.41, 5.74) is -1.93. The van der Waals surface area contributed by atoms with Crippen LogP contribution in [0, 0.1) is 5.92 Å². The topological polar surface area (TPSA) is 57.0 Å². The van der Waals surface area contributed by atoms with Crippen molar-refractivity contribution in [3.63, 3.8) is 0 Å². The Bertz CT molecular complexity index is 443. The molecule has 0 fully saturated rings. The molecule has 19 heavy (non-hydrogen) atoms. The van der Waals surface area contributed by atoms with Crippen molar-refractivity contribution in [2.75, 3.05) is 6.61 Å². The maximum absolute atomic E-state index is 13.0. The molecule has 0 aromatic carbocycles. The second-order valence-electron chi connectivity index (χ2n) is 4.20. The Morgan fingerprint density at radius 1 is 1.42 bits per heavy atom. The van der Waals surface area contributed by atoms with Crippen LogP contribution in [-0.2, 0) is 17.5 Å². The lowest BCUT2D eigenvalue weighted by molar-refractivity contribution is -0.145. The molecule has 0 N–H and O–H groups in total. The van der Waals surface area contributed by atoms with Crippen LogP contribution in [-0.4, -0.2) is 27.6 Å². The summed E-state index contributed by atoms with van der Waals surface area (Å²) in [6.45, 7) is 5.20. The number of ether oxygens (including phenoxy) is 1. The van der Waals surface area contributed by atoms with Gasteiger partial charge in [0.2, 0.25) is 5.69 Å². The summed E-state index contributed by atoms with van der Waals surface area (Å²) >= 11 is 0. The van der Waals surface area contributed by atoms with E-state index in [0.29, 0.717) is 6.42 Å². The zero-order valence-electron chi connectivity index (χ0n) is 11.0. The molecule has 0 aliphatic carbocycles. The average Bonchev–Trinajstić information content (AvgIpc) is 2.72. The minimum Gasteiger partial charge on any atom is -0.461 e. The van der Waals surface area contributed by atoms with Gasteiger partial charge in [-0.25, -0.2) is 9.48 Å². The van der Waals surface area contributed by atoms with Crippen LogP contribution in [0.25, 0.3) is 0 Å². The van der Waals surface area contributed by atoms with E-state index in [-0.39, 0.29) is 19.1 Å². The molecule has 1 aromatic heterocycles. The number of hydrogen-bond donors (Lipinski definition) is 0. The lowest BCUT2D eigenvalue weighted by Crippen LogP contribution is -2.21. The molecule has 0 radical (unpaired) electrons. The van der Waals surface area contributed by atoms with Gasteiger partial charge < -0.3 is 4.74 Å². The number of nitrogens with zero attached hydrogens (tertiary/aromatic N) is 3. The van der Waals surface area contributed by atoms with Gasteiger partial charge in [0.05, 0.1) is 6.61 Å². The molecule has 1 heterocycles. The van der Waals surface area contributed by atoms with Crippen LogP contribution in [0.3, 0.4) is 0 Å². The molecule has 0 saturated carbocycles. The molecule has 0 spiro atoms. The number of rotatable bonds is 5. The molecule has 0 aliphatic rings. The van der Waals surface area contributed by atoms with Crippen LogP contribution < -0.4 is 0 Å².